The van der Waals surface area contributed by atoms with Crippen LogP contribution >= 0.6 is 11.6 Å². The second-order valence-corrected chi connectivity index (χ2v) is 4.84. The maximum Gasteiger partial charge on any atom is 0.0466 e. The molecule has 0 radical (unpaired) electrons. The summed E-state index contributed by atoms with van der Waals surface area (Å²) in [5.74, 6) is 0. The summed E-state index contributed by atoms with van der Waals surface area (Å²) >= 11 is 6.05. The highest BCUT2D eigenvalue weighted by atomic mass is 35.5. The second kappa shape index (κ2) is 9.37. The summed E-state index contributed by atoms with van der Waals surface area (Å²) in [6, 6.07) is 8.50. The van der Waals surface area contributed by atoms with Crippen molar-refractivity contribution in [3.63, 3.8) is 0 Å². The van der Waals surface area contributed by atoms with Crippen LogP contribution < -0.4 is 5.32 Å². The lowest BCUT2D eigenvalue weighted by Gasteiger charge is -2.19. The first kappa shape index (κ1) is 15.5. The van der Waals surface area contributed by atoms with Crippen LogP contribution in [0.3, 0.4) is 0 Å². The predicted molar refractivity (Wildman–Crippen MR) is 78.2 cm³/mol. The Kier molecular flexibility index (Phi) is 8.06. The molecule has 0 saturated carbocycles. The number of rotatable bonds is 9. The fourth-order valence-electron chi connectivity index (χ4n) is 1.96. The fourth-order valence-corrected chi connectivity index (χ4v) is 2.16. The summed E-state index contributed by atoms with van der Waals surface area (Å²) < 4.78 is 5.39. The second-order valence-electron chi connectivity index (χ2n) is 4.40. The van der Waals surface area contributed by atoms with E-state index in [-0.39, 0.29) is 0 Å². The van der Waals surface area contributed by atoms with Crippen LogP contribution in [0.4, 0.5) is 0 Å². The van der Waals surface area contributed by atoms with Gasteiger partial charge in [-0.25, -0.2) is 0 Å². The largest absolute Gasteiger partial charge is 0.382 e. The molecule has 1 aromatic rings. The minimum absolute atomic E-state index is 0.379. The molecule has 18 heavy (non-hydrogen) atoms. The molecule has 0 aromatic heterocycles. The van der Waals surface area contributed by atoms with Gasteiger partial charge < -0.3 is 10.1 Å². The third kappa shape index (κ3) is 5.85. The van der Waals surface area contributed by atoms with Crippen molar-refractivity contribution < 1.29 is 4.74 Å². The lowest BCUT2D eigenvalue weighted by Crippen LogP contribution is -2.22. The molecule has 1 aromatic carbocycles. The van der Waals surface area contributed by atoms with Crippen LogP contribution in [0.25, 0.3) is 0 Å². The van der Waals surface area contributed by atoms with E-state index in [9.17, 15) is 0 Å². The predicted octanol–water partition coefficient (Wildman–Crippen LogP) is 4.20. The van der Waals surface area contributed by atoms with Crippen molar-refractivity contribution in [3.05, 3.63) is 34.9 Å². The van der Waals surface area contributed by atoms with Crippen molar-refractivity contribution in [1.29, 1.82) is 0 Å². The SMILES string of the molecule is CCCNC(CCCOCC)c1cccc(Cl)c1. The molecule has 0 fully saturated rings. The minimum Gasteiger partial charge on any atom is -0.382 e. The van der Waals surface area contributed by atoms with E-state index in [1.54, 1.807) is 0 Å². The highest BCUT2D eigenvalue weighted by Crippen LogP contribution is 2.21. The molecule has 0 bridgehead atoms. The van der Waals surface area contributed by atoms with E-state index in [0.717, 1.165) is 44.0 Å². The van der Waals surface area contributed by atoms with Gasteiger partial charge in [0.05, 0.1) is 0 Å². The molecule has 0 saturated heterocycles. The Morgan fingerprint density at radius 3 is 2.83 bits per heavy atom. The summed E-state index contributed by atoms with van der Waals surface area (Å²) in [4.78, 5) is 0. The van der Waals surface area contributed by atoms with Crippen molar-refractivity contribution in [2.75, 3.05) is 19.8 Å². The quantitative estimate of drug-likeness (QED) is 0.679. The van der Waals surface area contributed by atoms with Crippen molar-refractivity contribution in [1.82, 2.24) is 5.32 Å². The Labute approximate surface area is 116 Å². The van der Waals surface area contributed by atoms with Crippen molar-refractivity contribution in [2.45, 2.75) is 39.2 Å². The Morgan fingerprint density at radius 2 is 2.17 bits per heavy atom. The van der Waals surface area contributed by atoms with E-state index in [0.29, 0.717) is 6.04 Å². The first-order valence-corrected chi connectivity index (χ1v) is 7.22. The number of halogens is 1. The van der Waals surface area contributed by atoms with E-state index < -0.39 is 0 Å². The molecule has 0 aliphatic heterocycles. The molecule has 0 amide bonds. The third-order valence-corrected chi connectivity index (χ3v) is 3.11. The molecule has 0 aliphatic carbocycles. The van der Waals surface area contributed by atoms with Crippen LogP contribution in [0.5, 0.6) is 0 Å². The zero-order valence-corrected chi connectivity index (χ0v) is 12.2. The average Bonchev–Trinajstić information content (AvgIpc) is 2.38. The number of benzene rings is 1. The van der Waals surface area contributed by atoms with Gasteiger partial charge in [-0.15, -0.1) is 0 Å². The Bertz CT molecular complexity index is 330. The van der Waals surface area contributed by atoms with Gasteiger partial charge in [0.2, 0.25) is 0 Å². The molecule has 0 spiro atoms. The van der Waals surface area contributed by atoms with Gasteiger partial charge in [0, 0.05) is 24.3 Å². The number of hydrogen-bond acceptors (Lipinski definition) is 2. The Morgan fingerprint density at radius 1 is 1.33 bits per heavy atom. The topological polar surface area (TPSA) is 21.3 Å². The standard InChI is InChI=1S/C15H24ClNO/c1-3-10-17-15(9-6-11-18-4-2)13-7-5-8-14(16)12-13/h5,7-8,12,15,17H,3-4,6,9-11H2,1-2H3. The van der Waals surface area contributed by atoms with Crippen LogP contribution in [0.2, 0.25) is 5.02 Å². The molecule has 1 N–H and O–H groups in total. The summed E-state index contributed by atoms with van der Waals surface area (Å²) in [7, 11) is 0. The monoisotopic (exact) mass is 269 g/mol. The molecule has 0 aliphatic rings. The van der Waals surface area contributed by atoms with E-state index >= 15 is 0 Å². The highest BCUT2D eigenvalue weighted by molar-refractivity contribution is 6.30. The van der Waals surface area contributed by atoms with Crippen LogP contribution in [-0.4, -0.2) is 19.8 Å². The van der Waals surface area contributed by atoms with Crippen molar-refractivity contribution >= 4 is 11.6 Å². The van der Waals surface area contributed by atoms with Crippen LogP contribution in [0.1, 0.15) is 44.7 Å². The number of ether oxygens (including phenoxy) is 1. The van der Waals surface area contributed by atoms with Gasteiger partial charge in [-0.05, 0) is 50.4 Å². The van der Waals surface area contributed by atoms with Gasteiger partial charge in [0.1, 0.15) is 0 Å². The minimum atomic E-state index is 0.379. The smallest absolute Gasteiger partial charge is 0.0466 e. The number of hydrogen-bond donors (Lipinski definition) is 1. The van der Waals surface area contributed by atoms with Crippen molar-refractivity contribution in [3.8, 4) is 0 Å². The highest BCUT2D eigenvalue weighted by Gasteiger charge is 2.10. The fraction of sp³-hybridized carbons (Fsp3) is 0.600. The Balaban J connectivity index is 2.54. The third-order valence-electron chi connectivity index (χ3n) is 2.88. The molecule has 2 nitrogen and oxygen atoms in total. The lowest BCUT2D eigenvalue weighted by molar-refractivity contribution is 0.141. The average molecular weight is 270 g/mol. The maximum absolute atomic E-state index is 6.05. The Hall–Kier alpha value is -0.570. The molecular weight excluding hydrogens is 246 g/mol. The van der Waals surface area contributed by atoms with Gasteiger partial charge in [-0.3, -0.25) is 0 Å². The molecule has 1 rings (SSSR count). The summed E-state index contributed by atoms with van der Waals surface area (Å²) in [6.45, 7) is 6.88. The lowest BCUT2D eigenvalue weighted by atomic mass is 10.0. The van der Waals surface area contributed by atoms with Crippen LogP contribution in [0, 0.1) is 0 Å². The van der Waals surface area contributed by atoms with Crippen LogP contribution in [0.15, 0.2) is 24.3 Å². The summed E-state index contributed by atoms with van der Waals surface area (Å²) in [6.07, 6.45) is 3.30. The molecule has 1 atom stereocenters. The summed E-state index contributed by atoms with van der Waals surface area (Å²) in [5.41, 5.74) is 1.27. The molecule has 0 heterocycles. The van der Waals surface area contributed by atoms with E-state index in [1.807, 2.05) is 19.1 Å². The maximum atomic E-state index is 6.05. The zero-order valence-electron chi connectivity index (χ0n) is 11.4. The molecule has 3 heteroatoms. The van der Waals surface area contributed by atoms with Crippen molar-refractivity contribution in [2.24, 2.45) is 0 Å². The van der Waals surface area contributed by atoms with E-state index in [1.165, 1.54) is 5.56 Å². The zero-order chi connectivity index (χ0) is 13.2. The van der Waals surface area contributed by atoms with Gasteiger partial charge in [-0.1, -0.05) is 30.7 Å². The van der Waals surface area contributed by atoms with Gasteiger partial charge in [0.25, 0.3) is 0 Å². The molecular formula is C15H24ClNO. The van der Waals surface area contributed by atoms with Gasteiger partial charge in [0.15, 0.2) is 0 Å². The van der Waals surface area contributed by atoms with E-state index in [4.69, 9.17) is 16.3 Å². The number of nitrogens with one attached hydrogen (secondary N) is 1. The van der Waals surface area contributed by atoms with E-state index in [2.05, 4.69) is 24.4 Å². The van der Waals surface area contributed by atoms with Gasteiger partial charge in [-0.2, -0.15) is 0 Å². The summed E-state index contributed by atoms with van der Waals surface area (Å²) in [5, 5.41) is 4.38. The van der Waals surface area contributed by atoms with Gasteiger partial charge >= 0.3 is 0 Å². The molecule has 1 unspecified atom stereocenters. The first-order chi connectivity index (χ1) is 8.77. The first-order valence-electron chi connectivity index (χ1n) is 6.84. The van der Waals surface area contributed by atoms with Crippen LogP contribution in [-0.2, 0) is 4.74 Å². The normalized spacial score (nSPS) is 12.6. The molecule has 102 valence electrons.